The average Bonchev–Trinajstić information content (AvgIpc) is 2.46. The number of aliphatic hydroxyl groups is 1. The van der Waals surface area contributed by atoms with Gasteiger partial charge in [-0.05, 0) is 35.9 Å². The lowest BCUT2D eigenvalue weighted by Crippen LogP contribution is -2.01. The van der Waals surface area contributed by atoms with Crippen LogP contribution in [0.2, 0.25) is 5.02 Å². The zero-order valence-electron chi connectivity index (χ0n) is 11.0. The van der Waals surface area contributed by atoms with Gasteiger partial charge in [-0.1, -0.05) is 17.7 Å². The summed E-state index contributed by atoms with van der Waals surface area (Å²) in [6.45, 7) is 0.367. The first-order valence-corrected chi connectivity index (χ1v) is 6.47. The molecule has 0 atom stereocenters. The molecule has 0 aromatic heterocycles. The van der Waals surface area contributed by atoms with Crippen molar-refractivity contribution in [3.8, 4) is 5.75 Å². The first-order chi connectivity index (χ1) is 9.63. The van der Waals surface area contributed by atoms with E-state index in [0.717, 1.165) is 11.3 Å². The van der Waals surface area contributed by atoms with E-state index < -0.39 is 0 Å². The molecule has 5 heteroatoms. The number of nitrogens with one attached hydrogen (secondary N) is 1. The van der Waals surface area contributed by atoms with Crippen LogP contribution in [0.25, 0.3) is 0 Å². The molecule has 0 amide bonds. The Morgan fingerprint density at radius 2 is 2.00 bits per heavy atom. The van der Waals surface area contributed by atoms with Crippen LogP contribution in [0.4, 0.5) is 10.1 Å². The maximum atomic E-state index is 12.9. The predicted octanol–water partition coefficient (Wildman–Crippen LogP) is 3.59. The van der Waals surface area contributed by atoms with Crippen molar-refractivity contribution >= 4 is 17.3 Å². The topological polar surface area (TPSA) is 41.5 Å². The summed E-state index contributed by atoms with van der Waals surface area (Å²) in [5.74, 6) is 0.281. The molecule has 2 rings (SSSR count). The highest BCUT2D eigenvalue weighted by Crippen LogP contribution is 2.24. The van der Waals surface area contributed by atoms with Crippen LogP contribution in [0.1, 0.15) is 11.1 Å². The lowest BCUT2D eigenvalue weighted by Gasteiger charge is -2.11. The maximum absolute atomic E-state index is 12.9. The molecule has 2 aromatic rings. The number of hydrogen-bond acceptors (Lipinski definition) is 3. The normalized spacial score (nSPS) is 10.4. The van der Waals surface area contributed by atoms with Crippen LogP contribution in [-0.2, 0) is 13.2 Å². The second-order valence-electron chi connectivity index (χ2n) is 4.27. The van der Waals surface area contributed by atoms with Gasteiger partial charge in [0, 0.05) is 22.8 Å². The Balaban J connectivity index is 2.10. The predicted molar refractivity (Wildman–Crippen MR) is 77.7 cm³/mol. The van der Waals surface area contributed by atoms with Crippen molar-refractivity contribution in [1.29, 1.82) is 0 Å². The molecule has 0 aliphatic heterocycles. The second kappa shape index (κ2) is 6.59. The zero-order valence-corrected chi connectivity index (χ0v) is 11.7. The molecule has 0 unspecified atom stereocenters. The van der Waals surface area contributed by atoms with E-state index >= 15 is 0 Å². The molecule has 0 spiro atoms. The Bertz CT molecular complexity index is 604. The van der Waals surface area contributed by atoms with Crippen molar-refractivity contribution < 1.29 is 14.2 Å². The van der Waals surface area contributed by atoms with Crippen LogP contribution < -0.4 is 10.1 Å². The first-order valence-electron chi connectivity index (χ1n) is 6.09. The van der Waals surface area contributed by atoms with Crippen LogP contribution in [0.3, 0.4) is 0 Å². The van der Waals surface area contributed by atoms with Crippen molar-refractivity contribution in [2.45, 2.75) is 13.2 Å². The van der Waals surface area contributed by atoms with Gasteiger partial charge in [-0.25, -0.2) is 4.39 Å². The molecule has 0 aliphatic rings. The zero-order chi connectivity index (χ0) is 14.5. The lowest BCUT2D eigenvalue weighted by atomic mass is 10.1. The first kappa shape index (κ1) is 14.6. The number of aliphatic hydroxyl groups excluding tert-OH is 1. The van der Waals surface area contributed by atoms with Crippen LogP contribution in [0, 0.1) is 5.82 Å². The van der Waals surface area contributed by atoms with Gasteiger partial charge in [0.25, 0.3) is 0 Å². The summed E-state index contributed by atoms with van der Waals surface area (Å²) in [5, 5.41) is 12.8. The molecule has 2 aromatic carbocycles. The summed E-state index contributed by atoms with van der Waals surface area (Å²) >= 11 is 5.96. The highest BCUT2D eigenvalue weighted by atomic mass is 35.5. The molecule has 106 valence electrons. The van der Waals surface area contributed by atoms with Gasteiger partial charge in [0.15, 0.2) is 0 Å². The van der Waals surface area contributed by atoms with Gasteiger partial charge in [-0.3, -0.25) is 0 Å². The van der Waals surface area contributed by atoms with Crippen molar-refractivity contribution in [2.75, 3.05) is 12.4 Å². The molecule has 3 nitrogen and oxygen atoms in total. The molecule has 0 heterocycles. The number of benzene rings is 2. The van der Waals surface area contributed by atoms with E-state index in [1.54, 1.807) is 25.3 Å². The minimum Gasteiger partial charge on any atom is -0.496 e. The highest BCUT2D eigenvalue weighted by Gasteiger charge is 2.05. The summed E-state index contributed by atoms with van der Waals surface area (Å²) < 4.78 is 18.1. The van der Waals surface area contributed by atoms with Crippen molar-refractivity contribution in [3.63, 3.8) is 0 Å². The smallest absolute Gasteiger partial charge is 0.124 e. The molecular formula is C15H15ClFNO2. The van der Waals surface area contributed by atoms with Gasteiger partial charge in [-0.15, -0.1) is 0 Å². The number of methoxy groups -OCH3 is 1. The van der Waals surface area contributed by atoms with E-state index in [1.165, 1.54) is 12.1 Å². The maximum Gasteiger partial charge on any atom is 0.124 e. The fourth-order valence-corrected chi connectivity index (χ4v) is 2.11. The Morgan fingerprint density at radius 1 is 1.20 bits per heavy atom. The van der Waals surface area contributed by atoms with Crippen molar-refractivity contribution in [1.82, 2.24) is 0 Å². The SMILES string of the molecule is COc1ccc(NCc2ccc(F)cc2Cl)cc1CO. The van der Waals surface area contributed by atoms with Gasteiger partial charge in [0.2, 0.25) is 0 Å². The summed E-state index contributed by atoms with van der Waals surface area (Å²) in [6, 6.07) is 9.72. The number of halogens is 2. The van der Waals surface area contributed by atoms with Gasteiger partial charge in [0.05, 0.1) is 13.7 Å². The fraction of sp³-hybridized carbons (Fsp3) is 0.200. The molecular weight excluding hydrogens is 281 g/mol. The minimum atomic E-state index is -0.356. The molecule has 0 fully saturated rings. The monoisotopic (exact) mass is 295 g/mol. The molecule has 0 saturated heterocycles. The summed E-state index contributed by atoms with van der Waals surface area (Å²) in [5.41, 5.74) is 2.33. The van der Waals surface area contributed by atoms with E-state index in [0.29, 0.717) is 22.9 Å². The molecule has 2 N–H and O–H groups in total. The van der Waals surface area contributed by atoms with Gasteiger partial charge in [0.1, 0.15) is 11.6 Å². The van der Waals surface area contributed by atoms with E-state index in [-0.39, 0.29) is 12.4 Å². The number of anilines is 1. The second-order valence-corrected chi connectivity index (χ2v) is 4.68. The molecule has 0 bridgehead atoms. The van der Waals surface area contributed by atoms with Gasteiger partial charge in [-0.2, -0.15) is 0 Å². The van der Waals surface area contributed by atoms with E-state index in [1.807, 2.05) is 6.07 Å². The van der Waals surface area contributed by atoms with E-state index in [9.17, 15) is 9.50 Å². The summed E-state index contributed by atoms with van der Waals surface area (Å²) in [4.78, 5) is 0. The Hall–Kier alpha value is -1.78. The molecule has 20 heavy (non-hydrogen) atoms. The Morgan fingerprint density at radius 3 is 2.65 bits per heavy atom. The summed E-state index contributed by atoms with van der Waals surface area (Å²) in [6.07, 6.45) is 0. The highest BCUT2D eigenvalue weighted by molar-refractivity contribution is 6.31. The third kappa shape index (κ3) is 3.40. The van der Waals surface area contributed by atoms with Gasteiger partial charge < -0.3 is 15.2 Å². The number of rotatable bonds is 5. The van der Waals surface area contributed by atoms with E-state index in [2.05, 4.69) is 5.32 Å². The van der Waals surface area contributed by atoms with E-state index in [4.69, 9.17) is 16.3 Å². The minimum absolute atomic E-state index is 0.101. The molecule has 0 radical (unpaired) electrons. The quantitative estimate of drug-likeness (QED) is 0.886. The third-order valence-corrected chi connectivity index (χ3v) is 3.30. The van der Waals surface area contributed by atoms with Crippen molar-refractivity contribution in [3.05, 3.63) is 58.4 Å². The third-order valence-electron chi connectivity index (χ3n) is 2.95. The number of hydrogen-bond donors (Lipinski definition) is 2. The number of ether oxygens (including phenoxy) is 1. The standard InChI is InChI=1S/C15H15ClFNO2/c1-20-15-5-4-13(6-11(15)9-19)18-8-10-2-3-12(17)7-14(10)16/h2-7,18-19H,8-9H2,1H3. The lowest BCUT2D eigenvalue weighted by molar-refractivity contribution is 0.274. The molecule has 0 aliphatic carbocycles. The van der Waals surface area contributed by atoms with Gasteiger partial charge >= 0.3 is 0 Å². The van der Waals surface area contributed by atoms with Crippen molar-refractivity contribution in [2.24, 2.45) is 0 Å². The average molecular weight is 296 g/mol. The molecule has 0 saturated carbocycles. The van der Waals surface area contributed by atoms with Crippen LogP contribution >= 0.6 is 11.6 Å². The summed E-state index contributed by atoms with van der Waals surface area (Å²) in [7, 11) is 1.56. The fourth-order valence-electron chi connectivity index (χ4n) is 1.87. The van der Waals surface area contributed by atoms with Crippen LogP contribution in [0.5, 0.6) is 5.75 Å². The van der Waals surface area contributed by atoms with Crippen LogP contribution in [0.15, 0.2) is 36.4 Å². The van der Waals surface area contributed by atoms with Crippen LogP contribution in [-0.4, -0.2) is 12.2 Å². The largest absolute Gasteiger partial charge is 0.496 e. The Kier molecular flexibility index (Phi) is 4.82. The Labute approximate surface area is 122 Å².